The Labute approximate surface area is 303 Å². The number of hydrogen-bond donors (Lipinski definition) is 3. The van der Waals surface area contributed by atoms with Crippen LogP contribution in [0.2, 0.25) is 0 Å². The quantitative estimate of drug-likeness (QED) is 0.108. The van der Waals surface area contributed by atoms with Gasteiger partial charge in [0, 0.05) is 66.2 Å². The van der Waals surface area contributed by atoms with Gasteiger partial charge in [-0.3, -0.25) is 20.0 Å². The number of piperazine rings is 1. The molecule has 0 spiro atoms. The number of nitrogen functional groups attached to an aromatic ring is 1. The van der Waals surface area contributed by atoms with E-state index >= 15 is 0 Å². The van der Waals surface area contributed by atoms with Crippen LogP contribution in [-0.4, -0.2) is 118 Å². The summed E-state index contributed by atoms with van der Waals surface area (Å²) in [6.45, 7) is 6.24. The van der Waals surface area contributed by atoms with E-state index in [1.807, 2.05) is 58.5 Å². The average molecular weight is 798 g/mol. The summed E-state index contributed by atoms with van der Waals surface area (Å²) in [5.74, 6) is 0.837. The van der Waals surface area contributed by atoms with Crippen LogP contribution in [0.15, 0.2) is 61.2 Å². The number of H-pyrrole nitrogens is 1. The molecule has 0 aliphatic carbocycles. The molecule has 3 fully saturated rings. The van der Waals surface area contributed by atoms with Crippen molar-refractivity contribution in [3.63, 3.8) is 0 Å². The van der Waals surface area contributed by atoms with E-state index in [4.69, 9.17) is 10.7 Å². The molecule has 15 heteroatoms. The fraction of sp³-hybridized carbons (Fsp3) is 0.500. The van der Waals surface area contributed by atoms with E-state index in [0.29, 0.717) is 69.0 Å². The lowest BCUT2D eigenvalue weighted by molar-refractivity contribution is -0.134. The third kappa shape index (κ3) is 8.37. The Morgan fingerprint density at radius 3 is 2.27 bits per heavy atom. The Morgan fingerprint density at radius 1 is 1.00 bits per heavy atom. The highest BCUT2D eigenvalue weighted by Crippen LogP contribution is 2.31. The van der Waals surface area contributed by atoms with E-state index in [-0.39, 0.29) is 17.6 Å². The molecule has 6 rings (SSSR count). The molecule has 1 amide bonds. The zero-order valence-electron chi connectivity index (χ0n) is 27.7. The molecule has 0 bridgehead atoms. The molecule has 4 N–H and O–H groups in total. The summed E-state index contributed by atoms with van der Waals surface area (Å²) in [5, 5.41) is 17.1. The first-order valence-electron chi connectivity index (χ1n) is 16.9. The SMILES string of the molecule is CN1CCC(N2CCN(C(=O)[C@@H](Cc3cc(Br)c(N)c(Br)c3)N=C(NC#N)N3CCC(n4nc(-c5ccccc5)[nH]c4=O)CC3)CC2)CC1. The van der Waals surface area contributed by atoms with Crippen molar-refractivity contribution >= 4 is 49.4 Å². The smallest absolute Gasteiger partial charge is 0.343 e. The minimum atomic E-state index is -0.756. The van der Waals surface area contributed by atoms with Gasteiger partial charge in [-0.05, 0) is 95.4 Å². The first-order valence-corrected chi connectivity index (χ1v) is 18.5. The second-order valence-corrected chi connectivity index (χ2v) is 14.8. The van der Waals surface area contributed by atoms with Gasteiger partial charge in [-0.15, -0.1) is 5.10 Å². The molecule has 3 aliphatic heterocycles. The largest absolute Gasteiger partial charge is 0.397 e. The summed E-state index contributed by atoms with van der Waals surface area (Å²) >= 11 is 7.08. The number of benzene rings is 2. The number of nitrogens with zero attached hydrogens (tertiary/aromatic N) is 8. The van der Waals surface area contributed by atoms with Crippen molar-refractivity contribution in [3.05, 3.63) is 67.5 Å². The van der Waals surface area contributed by atoms with E-state index in [9.17, 15) is 14.9 Å². The minimum Gasteiger partial charge on any atom is -0.397 e. The Hall–Kier alpha value is -3.71. The number of piperidine rings is 2. The maximum absolute atomic E-state index is 14.2. The molecule has 13 nitrogen and oxygen atoms in total. The minimum absolute atomic E-state index is 0.0595. The number of guanidine groups is 1. The summed E-state index contributed by atoms with van der Waals surface area (Å²) in [4.78, 5) is 43.8. The normalized spacial score (nSPS) is 19.5. The zero-order chi connectivity index (χ0) is 34.5. The number of nitrogens with two attached hydrogens (primary N) is 1. The van der Waals surface area contributed by atoms with Gasteiger partial charge in [0.15, 0.2) is 12.0 Å². The highest BCUT2D eigenvalue weighted by Gasteiger charge is 2.33. The molecule has 2 aromatic carbocycles. The number of hydrogen-bond acceptors (Lipinski definition) is 8. The number of nitrogens with one attached hydrogen (secondary N) is 2. The van der Waals surface area contributed by atoms with Gasteiger partial charge >= 0.3 is 5.69 Å². The van der Waals surface area contributed by atoms with E-state index < -0.39 is 6.04 Å². The van der Waals surface area contributed by atoms with E-state index in [0.717, 1.165) is 59.1 Å². The van der Waals surface area contributed by atoms with Crippen LogP contribution in [0.3, 0.4) is 0 Å². The molecule has 1 aromatic heterocycles. The molecule has 49 heavy (non-hydrogen) atoms. The maximum Gasteiger partial charge on any atom is 0.343 e. The average Bonchev–Trinajstić information content (AvgIpc) is 3.52. The summed E-state index contributed by atoms with van der Waals surface area (Å²) < 4.78 is 3.00. The lowest BCUT2D eigenvalue weighted by Crippen LogP contribution is -2.56. The second kappa shape index (κ2) is 15.9. The molecule has 4 heterocycles. The van der Waals surface area contributed by atoms with Crippen molar-refractivity contribution in [3.8, 4) is 17.6 Å². The highest BCUT2D eigenvalue weighted by molar-refractivity contribution is 9.11. The van der Waals surface area contributed by atoms with Crippen LogP contribution in [0.4, 0.5) is 5.69 Å². The van der Waals surface area contributed by atoms with Crippen molar-refractivity contribution in [2.45, 2.75) is 50.2 Å². The van der Waals surface area contributed by atoms with Gasteiger partial charge in [0.25, 0.3) is 0 Å². The van der Waals surface area contributed by atoms with Gasteiger partial charge in [-0.1, -0.05) is 30.3 Å². The molecular formula is C34H43Br2N11O2. The molecule has 1 atom stereocenters. The molecule has 260 valence electrons. The number of anilines is 1. The third-order valence-electron chi connectivity index (χ3n) is 9.93. The highest BCUT2D eigenvalue weighted by atomic mass is 79.9. The second-order valence-electron chi connectivity index (χ2n) is 13.1. The Bertz CT molecular complexity index is 1710. The number of likely N-dealkylation sites (tertiary alicyclic amines) is 2. The number of carbonyl (C=O) groups is 1. The van der Waals surface area contributed by atoms with E-state index in [1.165, 1.54) is 4.68 Å². The number of amides is 1. The van der Waals surface area contributed by atoms with Crippen LogP contribution in [0.1, 0.15) is 37.3 Å². The Balaban J connectivity index is 1.18. The number of nitriles is 1. The summed E-state index contributed by atoms with van der Waals surface area (Å²) in [7, 11) is 2.17. The van der Waals surface area contributed by atoms with E-state index in [2.05, 4.69) is 64.1 Å². The van der Waals surface area contributed by atoms with Crippen molar-refractivity contribution in [1.82, 2.24) is 39.7 Å². The summed E-state index contributed by atoms with van der Waals surface area (Å²) in [5.41, 5.74) is 8.25. The fourth-order valence-corrected chi connectivity index (χ4v) is 8.35. The van der Waals surface area contributed by atoms with Gasteiger partial charge in [0.1, 0.15) is 6.04 Å². The van der Waals surface area contributed by atoms with Crippen molar-refractivity contribution < 1.29 is 4.79 Å². The molecule has 3 aliphatic rings. The van der Waals surface area contributed by atoms with E-state index in [1.54, 1.807) is 0 Å². The lowest BCUT2D eigenvalue weighted by Gasteiger charge is -2.42. The fourth-order valence-electron chi connectivity index (χ4n) is 7.07. The van der Waals surface area contributed by atoms with Crippen molar-refractivity contribution in [1.29, 1.82) is 5.26 Å². The maximum atomic E-state index is 14.2. The standard InChI is InChI=1S/C34H43Br2N11O2/c1-43-11-7-25(8-12-43)44-15-17-45(18-16-44)32(48)29(21-23-19-27(35)30(38)28(36)20-23)40-33(39-22-37)46-13-9-26(10-14-46)47-34(49)41-31(42-47)24-5-3-2-4-6-24/h2-6,19-20,25-26,29H,7-18,21,38H2,1H3,(H,39,40)(H,41,42,49)/t29-/m1/s1. The van der Waals surface area contributed by atoms with Crippen LogP contribution < -0.4 is 16.7 Å². The summed E-state index contributed by atoms with van der Waals surface area (Å²) in [6.07, 6.45) is 5.93. The number of carbonyl (C=O) groups excluding carboxylic acids is 1. The van der Waals surface area contributed by atoms with Gasteiger partial charge in [0.2, 0.25) is 11.9 Å². The molecule has 0 radical (unpaired) electrons. The van der Waals surface area contributed by atoms with Gasteiger partial charge < -0.3 is 20.4 Å². The number of aromatic nitrogens is 3. The molecule has 0 unspecified atom stereocenters. The lowest BCUT2D eigenvalue weighted by atomic mass is 10.0. The Morgan fingerprint density at radius 2 is 1.63 bits per heavy atom. The van der Waals surface area contributed by atoms with Crippen molar-refractivity contribution in [2.75, 3.05) is 65.1 Å². The van der Waals surface area contributed by atoms with Crippen LogP contribution in [-0.2, 0) is 11.2 Å². The number of rotatable bonds is 7. The van der Waals surface area contributed by atoms with Gasteiger partial charge in [-0.25, -0.2) is 14.5 Å². The predicted molar refractivity (Wildman–Crippen MR) is 197 cm³/mol. The van der Waals surface area contributed by atoms with Gasteiger partial charge in [-0.2, -0.15) is 5.26 Å². The summed E-state index contributed by atoms with van der Waals surface area (Å²) in [6, 6.07) is 13.1. The Kier molecular flexibility index (Phi) is 11.4. The monoisotopic (exact) mass is 795 g/mol. The molecule has 0 saturated carbocycles. The predicted octanol–water partition coefficient (Wildman–Crippen LogP) is 3.26. The third-order valence-corrected chi connectivity index (χ3v) is 11.2. The molecular weight excluding hydrogens is 754 g/mol. The topological polar surface area (TPSA) is 155 Å². The van der Waals surface area contributed by atoms with Crippen molar-refractivity contribution in [2.24, 2.45) is 4.99 Å². The number of aromatic amines is 1. The van der Waals surface area contributed by atoms with Gasteiger partial charge in [0.05, 0.1) is 11.7 Å². The van der Waals surface area contributed by atoms with Crippen LogP contribution in [0, 0.1) is 11.5 Å². The first-order chi connectivity index (χ1) is 23.7. The number of halogens is 2. The molecule has 3 aromatic rings. The van der Waals surface area contributed by atoms with Crippen LogP contribution in [0.25, 0.3) is 11.4 Å². The number of aliphatic imine (C=N–C) groups is 1. The van der Waals surface area contributed by atoms with Crippen LogP contribution in [0.5, 0.6) is 0 Å². The first kappa shape index (κ1) is 35.1. The van der Waals surface area contributed by atoms with Crippen LogP contribution >= 0.6 is 31.9 Å². The molecule has 3 saturated heterocycles. The zero-order valence-corrected chi connectivity index (χ0v) is 30.9.